The van der Waals surface area contributed by atoms with Gasteiger partial charge in [0, 0.05) is 0 Å². The summed E-state index contributed by atoms with van der Waals surface area (Å²) in [6, 6.07) is 4.65. The predicted molar refractivity (Wildman–Crippen MR) is 52.6 cm³/mol. The lowest BCUT2D eigenvalue weighted by Crippen LogP contribution is -2.40. The minimum Gasteiger partial charge on any atom is -0.497 e. The molecule has 0 aliphatic rings. The molecule has 7 heteroatoms. The van der Waals surface area contributed by atoms with E-state index >= 15 is 0 Å². The van der Waals surface area contributed by atoms with Crippen molar-refractivity contribution in [2.75, 3.05) is 7.11 Å². The van der Waals surface area contributed by atoms with Crippen molar-refractivity contribution in [1.29, 1.82) is 0 Å². The van der Waals surface area contributed by atoms with E-state index in [9.17, 15) is 22.0 Å². The molecule has 1 rings (SSSR count). The van der Waals surface area contributed by atoms with Crippen LogP contribution >= 0.6 is 11.6 Å². The van der Waals surface area contributed by atoms with Gasteiger partial charge in [0.15, 0.2) is 0 Å². The summed E-state index contributed by atoms with van der Waals surface area (Å²) in [6.07, 6.45) is -5.68. The first-order chi connectivity index (χ1) is 7.70. The molecule has 0 aliphatic carbocycles. The molecule has 0 heterocycles. The first kappa shape index (κ1) is 14.0. The maximum atomic E-state index is 12.9. The number of ether oxygens (including phenoxy) is 1. The van der Waals surface area contributed by atoms with Gasteiger partial charge in [-0.15, -0.1) is 11.6 Å². The number of methoxy groups -OCH3 is 1. The van der Waals surface area contributed by atoms with Gasteiger partial charge in [0.1, 0.15) is 11.1 Å². The Morgan fingerprint density at radius 1 is 1.06 bits per heavy atom. The number of rotatable bonds is 3. The van der Waals surface area contributed by atoms with Gasteiger partial charge in [0.25, 0.3) is 0 Å². The van der Waals surface area contributed by atoms with Gasteiger partial charge in [-0.05, 0) is 17.7 Å². The second-order valence-electron chi connectivity index (χ2n) is 3.26. The van der Waals surface area contributed by atoms with Crippen molar-refractivity contribution in [2.45, 2.75) is 17.5 Å². The van der Waals surface area contributed by atoms with Crippen molar-refractivity contribution in [3.8, 4) is 5.75 Å². The zero-order valence-corrected chi connectivity index (χ0v) is 9.32. The fraction of sp³-hybridized carbons (Fsp3) is 0.400. The van der Waals surface area contributed by atoms with Crippen LogP contribution in [0.1, 0.15) is 10.9 Å². The summed E-state index contributed by atoms with van der Waals surface area (Å²) in [7, 11) is 1.34. The maximum absolute atomic E-state index is 12.9. The molecule has 1 unspecified atom stereocenters. The molecule has 0 saturated heterocycles. The summed E-state index contributed by atoms with van der Waals surface area (Å²) in [5.41, 5.74) is -0.324. The smallest absolute Gasteiger partial charge is 0.455 e. The normalized spacial score (nSPS) is 14.5. The van der Waals surface area contributed by atoms with Crippen LogP contribution in [0.4, 0.5) is 22.0 Å². The Bertz CT molecular complexity index is 373. The summed E-state index contributed by atoms with van der Waals surface area (Å²) in [4.78, 5) is 0. The molecule has 0 spiro atoms. The molecule has 1 aromatic carbocycles. The molecule has 1 aromatic rings. The van der Waals surface area contributed by atoms with Crippen LogP contribution < -0.4 is 4.74 Å². The predicted octanol–water partition coefficient (Wildman–Crippen LogP) is 4.17. The molecule has 0 radical (unpaired) electrons. The number of hydrogen-bond donors (Lipinski definition) is 0. The quantitative estimate of drug-likeness (QED) is 0.594. The van der Waals surface area contributed by atoms with E-state index in [2.05, 4.69) is 0 Å². The summed E-state index contributed by atoms with van der Waals surface area (Å²) >= 11 is 5.17. The first-order valence-electron chi connectivity index (χ1n) is 4.42. The fourth-order valence-electron chi connectivity index (χ4n) is 1.13. The topological polar surface area (TPSA) is 9.23 Å². The molecule has 0 fully saturated rings. The van der Waals surface area contributed by atoms with E-state index in [0.29, 0.717) is 5.75 Å². The lowest BCUT2D eigenvalue weighted by Gasteiger charge is -2.24. The second kappa shape index (κ2) is 4.68. The zero-order valence-electron chi connectivity index (χ0n) is 8.56. The van der Waals surface area contributed by atoms with E-state index in [-0.39, 0.29) is 5.56 Å². The monoisotopic (exact) mass is 274 g/mol. The van der Waals surface area contributed by atoms with Crippen LogP contribution in [-0.2, 0) is 0 Å². The molecular formula is C10H8ClF5O. The van der Waals surface area contributed by atoms with Crippen LogP contribution in [-0.4, -0.2) is 19.2 Å². The van der Waals surface area contributed by atoms with Gasteiger partial charge in [-0.25, -0.2) is 0 Å². The molecule has 0 aliphatic heterocycles. The maximum Gasteiger partial charge on any atom is 0.455 e. The third-order valence-electron chi connectivity index (χ3n) is 2.10. The van der Waals surface area contributed by atoms with Crippen molar-refractivity contribution in [3.63, 3.8) is 0 Å². The molecule has 1 nitrogen and oxygen atoms in total. The summed E-state index contributed by atoms with van der Waals surface area (Å²) < 4.78 is 66.7. The van der Waals surface area contributed by atoms with Crippen molar-refractivity contribution in [1.82, 2.24) is 0 Å². The van der Waals surface area contributed by atoms with Crippen molar-refractivity contribution >= 4 is 11.6 Å². The highest BCUT2D eigenvalue weighted by atomic mass is 35.5. The number of alkyl halides is 6. The van der Waals surface area contributed by atoms with Crippen LogP contribution in [0.3, 0.4) is 0 Å². The lowest BCUT2D eigenvalue weighted by molar-refractivity contribution is -0.283. The van der Waals surface area contributed by atoms with E-state index < -0.39 is 17.5 Å². The summed E-state index contributed by atoms with van der Waals surface area (Å²) in [5.74, 6) is -4.64. The van der Waals surface area contributed by atoms with Crippen molar-refractivity contribution in [2.24, 2.45) is 0 Å². The van der Waals surface area contributed by atoms with Crippen LogP contribution in [0, 0.1) is 0 Å². The Morgan fingerprint density at radius 3 is 1.88 bits per heavy atom. The van der Waals surface area contributed by atoms with Gasteiger partial charge in [0.05, 0.1) is 7.11 Å². The van der Waals surface area contributed by atoms with Crippen LogP contribution in [0.2, 0.25) is 0 Å². The lowest BCUT2D eigenvalue weighted by atomic mass is 10.1. The van der Waals surface area contributed by atoms with Gasteiger partial charge in [0.2, 0.25) is 0 Å². The highest BCUT2D eigenvalue weighted by Gasteiger charge is 2.62. The van der Waals surface area contributed by atoms with Gasteiger partial charge in [-0.3, -0.25) is 0 Å². The number of benzene rings is 1. The Hall–Kier alpha value is -1.04. The van der Waals surface area contributed by atoms with Crippen molar-refractivity contribution in [3.05, 3.63) is 29.8 Å². The molecule has 0 N–H and O–H groups in total. The van der Waals surface area contributed by atoms with Crippen LogP contribution in [0.25, 0.3) is 0 Å². The molecule has 0 saturated carbocycles. The molecule has 0 bridgehead atoms. The molecule has 0 amide bonds. The van der Waals surface area contributed by atoms with E-state index in [1.54, 1.807) is 0 Å². The van der Waals surface area contributed by atoms with Crippen LogP contribution in [0.15, 0.2) is 24.3 Å². The molecule has 17 heavy (non-hydrogen) atoms. The molecule has 1 atom stereocenters. The van der Waals surface area contributed by atoms with E-state index in [1.807, 2.05) is 0 Å². The van der Waals surface area contributed by atoms with Gasteiger partial charge in [-0.1, -0.05) is 12.1 Å². The number of halogens is 6. The van der Waals surface area contributed by atoms with Gasteiger partial charge < -0.3 is 4.74 Å². The minimum atomic E-state index is -5.68. The largest absolute Gasteiger partial charge is 0.497 e. The molecule has 96 valence electrons. The molecular weight excluding hydrogens is 267 g/mol. The Morgan fingerprint density at radius 2 is 1.53 bits per heavy atom. The molecule has 0 aromatic heterocycles. The SMILES string of the molecule is COc1ccc(C(Cl)C(F)(F)C(F)(F)F)cc1. The van der Waals surface area contributed by atoms with E-state index in [0.717, 1.165) is 12.1 Å². The highest BCUT2D eigenvalue weighted by Crippen LogP contribution is 2.47. The Kier molecular flexibility index (Phi) is 3.86. The first-order valence-corrected chi connectivity index (χ1v) is 4.86. The van der Waals surface area contributed by atoms with Crippen molar-refractivity contribution < 1.29 is 26.7 Å². The zero-order chi connectivity index (χ0) is 13.3. The third kappa shape index (κ3) is 2.80. The summed E-state index contributed by atoms with van der Waals surface area (Å²) in [6.45, 7) is 0. The van der Waals surface area contributed by atoms with Gasteiger partial charge >= 0.3 is 12.1 Å². The number of hydrogen-bond acceptors (Lipinski definition) is 1. The third-order valence-corrected chi connectivity index (χ3v) is 2.63. The standard InChI is InChI=1S/C10H8ClF5O/c1-17-7-4-2-6(3-5-7)8(11)9(12,13)10(14,15)16/h2-5,8H,1H3. The van der Waals surface area contributed by atoms with Gasteiger partial charge in [-0.2, -0.15) is 22.0 Å². The Balaban J connectivity index is 2.99. The second-order valence-corrected chi connectivity index (χ2v) is 3.69. The minimum absolute atomic E-state index is 0.324. The van der Waals surface area contributed by atoms with E-state index in [4.69, 9.17) is 16.3 Å². The van der Waals surface area contributed by atoms with E-state index in [1.165, 1.54) is 19.2 Å². The average molecular weight is 275 g/mol. The summed E-state index contributed by atoms with van der Waals surface area (Å²) in [5, 5.41) is -2.46. The average Bonchev–Trinajstić information content (AvgIpc) is 2.26. The Labute approximate surface area is 99.1 Å². The fourth-order valence-corrected chi connectivity index (χ4v) is 1.40. The highest BCUT2D eigenvalue weighted by molar-refractivity contribution is 6.21. The van der Waals surface area contributed by atoms with Crippen LogP contribution in [0.5, 0.6) is 5.75 Å².